The smallest absolute Gasteiger partial charge is 0.293 e. The van der Waals surface area contributed by atoms with Crippen molar-refractivity contribution in [3.05, 3.63) is 95.0 Å². The van der Waals surface area contributed by atoms with Gasteiger partial charge in [0.2, 0.25) is 0 Å². The normalized spacial score (nSPS) is 10.9. The van der Waals surface area contributed by atoms with Gasteiger partial charge in [-0.3, -0.25) is 14.6 Å². The van der Waals surface area contributed by atoms with E-state index < -0.39 is 0 Å². The lowest BCUT2D eigenvalue weighted by Crippen LogP contribution is -2.21. The Morgan fingerprint density at radius 1 is 0.973 bits per heavy atom. The molecule has 0 aliphatic carbocycles. The van der Waals surface area contributed by atoms with Gasteiger partial charge in [0, 0.05) is 50.7 Å². The number of ether oxygens (including phenoxy) is 2. The third kappa shape index (κ3) is 4.92. The number of aryl methyl sites for hydroxylation is 1. The number of aromatic amines is 1. The van der Waals surface area contributed by atoms with Crippen LogP contribution in [-0.4, -0.2) is 44.4 Å². The van der Waals surface area contributed by atoms with Crippen LogP contribution in [0, 0.1) is 0 Å². The molecule has 37 heavy (non-hydrogen) atoms. The third-order valence-corrected chi connectivity index (χ3v) is 5.72. The van der Waals surface area contributed by atoms with Crippen molar-refractivity contribution in [2.24, 2.45) is 0 Å². The molecule has 0 unspecified atom stereocenters. The summed E-state index contributed by atoms with van der Waals surface area (Å²) < 4.78 is 13.8. The second kappa shape index (κ2) is 9.98. The maximum atomic E-state index is 12.8. The second-order valence-electron chi connectivity index (χ2n) is 8.51. The molecule has 0 saturated heterocycles. The van der Waals surface area contributed by atoms with E-state index >= 15 is 0 Å². The second-order valence-corrected chi connectivity index (χ2v) is 8.51. The van der Waals surface area contributed by atoms with Crippen LogP contribution >= 0.6 is 0 Å². The van der Waals surface area contributed by atoms with Crippen molar-refractivity contribution in [1.82, 2.24) is 24.4 Å². The first kappa shape index (κ1) is 23.8. The number of hydrogen-bond donors (Lipinski definition) is 1. The molecule has 3 heterocycles. The van der Waals surface area contributed by atoms with E-state index in [0.29, 0.717) is 51.9 Å². The Morgan fingerprint density at radius 2 is 1.78 bits per heavy atom. The highest BCUT2D eigenvalue weighted by Crippen LogP contribution is 2.35. The Bertz CT molecular complexity index is 1620. The average molecular weight is 496 g/mol. The van der Waals surface area contributed by atoms with Crippen LogP contribution in [0.2, 0.25) is 0 Å². The first-order valence-corrected chi connectivity index (χ1v) is 11.7. The van der Waals surface area contributed by atoms with Gasteiger partial charge in [0.1, 0.15) is 22.7 Å². The molecule has 0 aliphatic heterocycles. The van der Waals surface area contributed by atoms with Crippen molar-refractivity contribution in [2.75, 3.05) is 14.1 Å². The molecule has 5 aromatic rings. The quantitative estimate of drug-likeness (QED) is 0.337. The summed E-state index contributed by atoms with van der Waals surface area (Å²) in [5.74, 6) is 2.01. The average Bonchev–Trinajstić information content (AvgIpc) is 3.35. The number of carbonyl (C=O) groups excluding carboxylic acids is 1. The summed E-state index contributed by atoms with van der Waals surface area (Å²) in [6.45, 7) is 2.41. The number of benzene rings is 2. The minimum absolute atomic E-state index is 0.0937. The number of pyridine rings is 2. The highest BCUT2D eigenvalue weighted by Gasteiger charge is 2.16. The van der Waals surface area contributed by atoms with E-state index in [1.54, 1.807) is 79.6 Å². The molecule has 0 fully saturated rings. The van der Waals surface area contributed by atoms with Gasteiger partial charge in [0.25, 0.3) is 11.5 Å². The molecule has 5 rings (SSSR count). The van der Waals surface area contributed by atoms with Crippen LogP contribution in [0.15, 0.2) is 83.9 Å². The fourth-order valence-electron chi connectivity index (χ4n) is 3.84. The number of fused-ring (bicyclic) bond motifs is 1. The number of nitrogens with one attached hydrogen (secondary N) is 1. The van der Waals surface area contributed by atoms with E-state index in [1.165, 1.54) is 4.90 Å². The Balaban J connectivity index is 1.55. The van der Waals surface area contributed by atoms with Crippen molar-refractivity contribution in [2.45, 2.75) is 13.5 Å². The number of carbonyl (C=O) groups is 1. The molecule has 1 N–H and O–H groups in total. The highest BCUT2D eigenvalue weighted by molar-refractivity contribution is 5.94. The summed E-state index contributed by atoms with van der Waals surface area (Å²) in [5, 5.41) is 0. The number of amides is 1. The van der Waals surface area contributed by atoms with Crippen LogP contribution in [0.5, 0.6) is 23.0 Å². The largest absolute Gasteiger partial charge is 0.457 e. The number of hydrogen-bond acceptors (Lipinski definition) is 6. The molecule has 9 heteroatoms. The van der Waals surface area contributed by atoms with Gasteiger partial charge in [0.15, 0.2) is 17.3 Å². The Morgan fingerprint density at radius 3 is 2.49 bits per heavy atom. The fraction of sp³-hybridized carbons (Fsp3) is 0.143. The van der Waals surface area contributed by atoms with Crippen LogP contribution in [0.1, 0.15) is 17.3 Å². The number of H-pyrrole nitrogens is 1. The molecule has 0 spiro atoms. The van der Waals surface area contributed by atoms with E-state index in [2.05, 4.69) is 9.97 Å². The lowest BCUT2D eigenvalue weighted by Gasteiger charge is -2.12. The van der Waals surface area contributed by atoms with E-state index in [-0.39, 0.29) is 17.2 Å². The molecule has 0 saturated carbocycles. The minimum Gasteiger partial charge on any atom is -0.457 e. The van der Waals surface area contributed by atoms with Crippen molar-refractivity contribution in [3.63, 3.8) is 0 Å². The van der Waals surface area contributed by atoms with Gasteiger partial charge >= 0.3 is 0 Å². The maximum Gasteiger partial charge on any atom is 0.293 e. The van der Waals surface area contributed by atoms with Crippen molar-refractivity contribution in [1.29, 1.82) is 0 Å². The maximum absolute atomic E-state index is 12.8. The van der Waals surface area contributed by atoms with E-state index in [0.717, 1.165) is 0 Å². The minimum atomic E-state index is -0.244. The van der Waals surface area contributed by atoms with Crippen molar-refractivity contribution in [3.8, 4) is 34.5 Å². The summed E-state index contributed by atoms with van der Waals surface area (Å²) in [5.41, 5.74) is 2.17. The summed E-state index contributed by atoms with van der Waals surface area (Å²) in [6.07, 6.45) is 3.40. The molecule has 0 bridgehead atoms. The number of aromatic nitrogens is 4. The van der Waals surface area contributed by atoms with Crippen molar-refractivity contribution < 1.29 is 14.3 Å². The molecule has 1 amide bonds. The van der Waals surface area contributed by atoms with Gasteiger partial charge in [-0.05, 0) is 55.5 Å². The van der Waals surface area contributed by atoms with Gasteiger partial charge < -0.3 is 23.9 Å². The summed E-state index contributed by atoms with van der Waals surface area (Å²) in [4.78, 5) is 38.9. The summed E-state index contributed by atoms with van der Waals surface area (Å²) >= 11 is 0. The topological polar surface area (TPSA) is 102 Å². The first-order chi connectivity index (χ1) is 17.9. The number of nitrogens with zero attached hydrogens (tertiary/aromatic N) is 4. The predicted molar refractivity (Wildman–Crippen MR) is 140 cm³/mol. The molecule has 0 atom stereocenters. The zero-order chi connectivity index (χ0) is 25.9. The lowest BCUT2D eigenvalue weighted by molar-refractivity contribution is 0.0827. The Hall–Kier alpha value is -4.92. The number of imidazole rings is 1. The fourth-order valence-corrected chi connectivity index (χ4v) is 3.84. The van der Waals surface area contributed by atoms with Gasteiger partial charge in [-0.2, -0.15) is 0 Å². The van der Waals surface area contributed by atoms with Gasteiger partial charge in [-0.1, -0.05) is 6.07 Å². The van der Waals surface area contributed by atoms with Gasteiger partial charge in [0.05, 0.1) is 5.52 Å². The van der Waals surface area contributed by atoms with Crippen LogP contribution in [0.25, 0.3) is 22.6 Å². The molecule has 0 radical (unpaired) electrons. The summed E-state index contributed by atoms with van der Waals surface area (Å²) in [7, 11) is 3.41. The van der Waals surface area contributed by atoms with E-state index in [9.17, 15) is 9.59 Å². The third-order valence-electron chi connectivity index (χ3n) is 5.72. The van der Waals surface area contributed by atoms with Crippen LogP contribution in [0.3, 0.4) is 0 Å². The standard InChI is InChI=1S/C28H25N5O4/c1-4-33-15-7-9-23(28(33)35)37-24-17-20(36-19-12-10-18(11-13-19)27(34)32(2)3)16-22-25(24)31-26(30-22)21-8-5-6-14-29-21/h5-17H,4H2,1-3H3,(H,30,31). The zero-order valence-corrected chi connectivity index (χ0v) is 20.6. The van der Waals surface area contributed by atoms with E-state index in [1.807, 2.05) is 25.1 Å². The highest BCUT2D eigenvalue weighted by atomic mass is 16.5. The number of rotatable bonds is 7. The molecular weight excluding hydrogens is 470 g/mol. The van der Waals surface area contributed by atoms with Crippen LogP contribution in [0.4, 0.5) is 0 Å². The van der Waals surface area contributed by atoms with Crippen LogP contribution in [-0.2, 0) is 6.54 Å². The van der Waals surface area contributed by atoms with Crippen LogP contribution < -0.4 is 15.0 Å². The molecule has 9 nitrogen and oxygen atoms in total. The van der Waals surface area contributed by atoms with Gasteiger partial charge in [-0.25, -0.2) is 4.98 Å². The molecular formula is C28H25N5O4. The molecule has 2 aromatic carbocycles. The molecule has 3 aromatic heterocycles. The monoisotopic (exact) mass is 495 g/mol. The first-order valence-electron chi connectivity index (χ1n) is 11.7. The van der Waals surface area contributed by atoms with Gasteiger partial charge in [-0.15, -0.1) is 0 Å². The lowest BCUT2D eigenvalue weighted by atomic mass is 10.2. The Kier molecular flexibility index (Phi) is 6.42. The SMILES string of the molecule is CCn1cccc(Oc2cc(Oc3ccc(C(=O)N(C)C)cc3)cc3[nH]c(-c4ccccn4)nc23)c1=O. The zero-order valence-electron chi connectivity index (χ0n) is 20.6. The Labute approximate surface area is 212 Å². The van der Waals surface area contributed by atoms with E-state index in [4.69, 9.17) is 14.5 Å². The molecule has 0 aliphatic rings. The predicted octanol–water partition coefficient (Wildman–Crippen LogP) is 5.09. The van der Waals surface area contributed by atoms with Crippen molar-refractivity contribution >= 4 is 16.9 Å². The summed E-state index contributed by atoms with van der Waals surface area (Å²) in [6, 6.07) is 19.3. The molecule has 186 valence electrons.